The van der Waals surface area contributed by atoms with E-state index in [2.05, 4.69) is 4.98 Å². The minimum atomic E-state index is -0.608. The van der Waals surface area contributed by atoms with E-state index in [-0.39, 0.29) is 5.15 Å². The van der Waals surface area contributed by atoms with Crippen molar-refractivity contribution in [3.05, 3.63) is 28.0 Å². The maximum absolute atomic E-state index is 9.16. The predicted octanol–water partition coefficient (Wildman–Crippen LogP) is 2.44. The van der Waals surface area contributed by atoms with E-state index >= 15 is 0 Å². The Bertz CT molecular complexity index is 263. The molecule has 0 aromatic carbocycles. The zero-order valence-electron chi connectivity index (χ0n) is 5.88. The highest BCUT2D eigenvalue weighted by Gasteiger charge is 2.08. The molecule has 1 heterocycles. The summed E-state index contributed by atoms with van der Waals surface area (Å²) in [7, 11) is 0. The summed E-state index contributed by atoms with van der Waals surface area (Å²) in [5.41, 5.74) is 0.603. The van der Waals surface area contributed by atoms with E-state index in [4.69, 9.17) is 28.3 Å². The Morgan fingerprint density at radius 2 is 2.18 bits per heavy atom. The van der Waals surface area contributed by atoms with Crippen LogP contribution in [0, 0.1) is 0 Å². The van der Waals surface area contributed by atoms with Crippen LogP contribution >= 0.6 is 23.2 Å². The lowest BCUT2D eigenvalue weighted by Gasteiger charge is -2.06. The Morgan fingerprint density at radius 1 is 1.55 bits per heavy atom. The summed E-state index contributed by atoms with van der Waals surface area (Å²) in [5.74, 6) is 0. The molecule has 1 rings (SSSR count). The number of nitrogens with zero attached hydrogens (tertiary/aromatic N) is 1. The highest BCUT2D eigenvalue weighted by atomic mass is 35.5. The molecule has 1 aromatic rings. The van der Waals surface area contributed by atoms with Gasteiger partial charge in [-0.1, -0.05) is 23.2 Å². The predicted molar refractivity (Wildman–Crippen MR) is 44.9 cm³/mol. The maximum atomic E-state index is 9.16. The molecule has 0 saturated heterocycles. The summed E-state index contributed by atoms with van der Waals surface area (Å²) in [6, 6.07) is 1.64. The first-order valence-electron chi connectivity index (χ1n) is 3.11. The van der Waals surface area contributed by atoms with Gasteiger partial charge in [0, 0.05) is 11.8 Å². The quantitative estimate of drug-likeness (QED) is 0.693. The van der Waals surface area contributed by atoms with Crippen molar-refractivity contribution in [2.24, 2.45) is 0 Å². The third-order valence-corrected chi connectivity index (χ3v) is 2.11. The fraction of sp³-hybridized carbons (Fsp3) is 0.286. The van der Waals surface area contributed by atoms with E-state index in [1.807, 2.05) is 0 Å². The number of rotatable bonds is 1. The monoisotopic (exact) mass is 191 g/mol. The lowest BCUT2D eigenvalue weighted by molar-refractivity contribution is 0.199. The van der Waals surface area contributed by atoms with Gasteiger partial charge >= 0.3 is 0 Å². The molecule has 0 aliphatic heterocycles. The Morgan fingerprint density at radius 3 is 2.64 bits per heavy atom. The fourth-order valence-electron chi connectivity index (χ4n) is 0.755. The number of aliphatic hydroxyl groups is 1. The molecule has 2 nitrogen and oxygen atoms in total. The van der Waals surface area contributed by atoms with E-state index in [9.17, 15) is 0 Å². The van der Waals surface area contributed by atoms with E-state index < -0.39 is 6.10 Å². The van der Waals surface area contributed by atoms with Crippen LogP contribution in [0.1, 0.15) is 18.6 Å². The van der Waals surface area contributed by atoms with Gasteiger partial charge in [-0.2, -0.15) is 0 Å². The molecule has 11 heavy (non-hydrogen) atoms. The Balaban J connectivity index is 3.17. The summed E-state index contributed by atoms with van der Waals surface area (Å²) in [6.45, 7) is 1.62. The first-order valence-corrected chi connectivity index (χ1v) is 3.86. The van der Waals surface area contributed by atoms with Crippen LogP contribution in [-0.4, -0.2) is 10.1 Å². The van der Waals surface area contributed by atoms with Gasteiger partial charge in [0.15, 0.2) is 0 Å². The van der Waals surface area contributed by atoms with Crippen molar-refractivity contribution >= 4 is 23.2 Å². The molecular weight excluding hydrogens is 185 g/mol. The fourth-order valence-corrected chi connectivity index (χ4v) is 1.19. The van der Waals surface area contributed by atoms with Gasteiger partial charge in [0.05, 0.1) is 11.1 Å². The number of hydrogen-bond donors (Lipinski definition) is 1. The van der Waals surface area contributed by atoms with Crippen LogP contribution in [0.5, 0.6) is 0 Å². The second kappa shape index (κ2) is 3.39. The molecule has 0 aliphatic rings. The molecule has 1 aromatic heterocycles. The van der Waals surface area contributed by atoms with Crippen LogP contribution < -0.4 is 0 Å². The lowest BCUT2D eigenvalue weighted by Crippen LogP contribution is -1.93. The van der Waals surface area contributed by atoms with Crippen molar-refractivity contribution in [3.63, 3.8) is 0 Å². The summed E-state index contributed by atoms with van der Waals surface area (Å²) in [6.07, 6.45) is 0.902. The van der Waals surface area contributed by atoms with Gasteiger partial charge < -0.3 is 5.11 Å². The number of aromatic nitrogens is 1. The van der Waals surface area contributed by atoms with Gasteiger partial charge in [-0.25, -0.2) is 4.98 Å². The largest absolute Gasteiger partial charge is 0.389 e. The molecule has 1 N–H and O–H groups in total. The SMILES string of the molecule is CC(O)c1ccnc(Cl)c1Cl. The number of pyridine rings is 1. The summed E-state index contributed by atoms with van der Waals surface area (Å²) in [4.78, 5) is 3.74. The van der Waals surface area contributed by atoms with Gasteiger partial charge in [0.2, 0.25) is 0 Å². The number of halogens is 2. The zero-order valence-corrected chi connectivity index (χ0v) is 7.39. The van der Waals surface area contributed by atoms with Crippen LogP contribution in [0.3, 0.4) is 0 Å². The van der Waals surface area contributed by atoms with Crippen molar-refractivity contribution in [1.82, 2.24) is 4.98 Å². The zero-order chi connectivity index (χ0) is 8.43. The van der Waals surface area contributed by atoms with Gasteiger partial charge in [-0.3, -0.25) is 0 Å². The smallest absolute Gasteiger partial charge is 0.147 e. The number of aliphatic hydroxyl groups excluding tert-OH is 1. The van der Waals surface area contributed by atoms with E-state index in [0.717, 1.165) is 0 Å². The van der Waals surface area contributed by atoms with Crippen LogP contribution in [0.25, 0.3) is 0 Å². The van der Waals surface area contributed by atoms with Crippen molar-refractivity contribution in [1.29, 1.82) is 0 Å². The lowest BCUT2D eigenvalue weighted by atomic mass is 10.2. The van der Waals surface area contributed by atoms with Crippen molar-refractivity contribution in [3.8, 4) is 0 Å². The average molecular weight is 192 g/mol. The van der Waals surface area contributed by atoms with Crippen molar-refractivity contribution < 1.29 is 5.11 Å². The maximum Gasteiger partial charge on any atom is 0.147 e. The molecule has 0 saturated carbocycles. The normalized spacial score (nSPS) is 13.1. The van der Waals surface area contributed by atoms with Gasteiger partial charge in [0.1, 0.15) is 5.15 Å². The van der Waals surface area contributed by atoms with E-state index in [0.29, 0.717) is 10.6 Å². The minimum Gasteiger partial charge on any atom is -0.389 e. The van der Waals surface area contributed by atoms with E-state index in [1.54, 1.807) is 13.0 Å². The molecule has 1 atom stereocenters. The second-order valence-corrected chi connectivity index (χ2v) is 2.92. The molecule has 4 heteroatoms. The van der Waals surface area contributed by atoms with Gasteiger partial charge in [-0.05, 0) is 13.0 Å². The molecular formula is C7H7Cl2NO. The molecule has 60 valence electrons. The summed E-state index contributed by atoms with van der Waals surface area (Å²) in [5, 5.41) is 9.71. The summed E-state index contributed by atoms with van der Waals surface area (Å²) < 4.78 is 0. The highest BCUT2D eigenvalue weighted by molar-refractivity contribution is 6.41. The van der Waals surface area contributed by atoms with Crippen LogP contribution in [0.15, 0.2) is 12.3 Å². The molecule has 0 radical (unpaired) electrons. The Labute approximate surface area is 74.8 Å². The third-order valence-electron chi connectivity index (χ3n) is 1.33. The summed E-state index contributed by atoms with van der Waals surface area (Å²) >= 11 is 11.3. The van der Waals surface area contributed by atoms with Crippen LogP contribution in [0.2, 0.25) is 10.2 Å². The van der Waals surface area contributed by atoms with Crippen LogP contribution in [-0.2, 0) is 0 Å². The van der Waals surface area contributed by atoms with Crippen molar-refractivity contribution in [2.45, 2.75) is 13.0 Å². The highest BCUT2D eigenvalue weighted by Crippen LogP contribution is 2.27. The van der Waals surface area contributed by atoms with Crippen molar-refractivity contribution in [2.75, 3.05) is 0 Å². The first-order chi connectivity index (χ1) is 5.13. The molecule has 0 bridgehead atoms. The standard InChI is InChI=1S/C7H7Cl2NO/c1-4(11)5-2-3-10-7(9)6(5)8/h2-4,11H,1H3. The Hall–Kier alpha value is -0.310. The molecule has 0 aliphatic carbocycles. The van der Waals surface area contributed by atoms with Gasteiger partial charge in [-0.15, -0.1) is 0 Å². The van der Waals surface area contributed by atoms with E-state index in [1.165, 1.54) is 6.20 Å². The molecule has 0 fully saturated rings. The molecule has 0 amide bonds. The van der Waals surface area contributed by atoms with Gasteiger partial charge in [0.25, 0.3) is 0 Å². The molecule has 0 spiro atoms. The molecule has 1 unspecified atom stereocenters. The minimum absolute atomic E-state index is 0.227. The third kappa shape index (κ3) is 1.83. The second-order valence-electron chi connectivity index (χ2n) is 2.18. The first kappa shape index (κ1) is 8.78. The van der Waals surface area contributed by atoms with Crippen LogP contribution in [0.4, 0.5) is 0 Å². The Kier molecular flexibility index (Phi) is 2.71. The number of hydrogen-bond acceptors (Lipinski definition) is 2. The average Bonchev–Trinajstić information content (AvgIpc) is 1.94. The topological polar surface area (TPSA) is 33.1 Å².